The molecular weight excluding hydrogens is 594 g/mol. The predicted molar refractivity (Wildman–Crippen MR) is 170 cm³/mol. The Morgan fingerprint density at radius 3 is 2.36 bits per heavy atom. The Kier molecular flexibility index (Phi) is 10.2. The summed E-state index contributed by atoms with van der Waals surface area (Å²) in [5, 5.41) is 22.8. The molecule has 45 heavy (non-hydrogen) atoms. The normalized spacial score (nSPS) is 11.5. The topological polar surface area (TPSA) is 156 Å². The zero-order valence-electron chi connectivity index (χ0n) is 23.8. The van der Waals surface area contributed by atoms with Gasteiger partial charge in [-0.15, -0.1) is 5.10 Å². The number of anilines is 2. The van der Waals surface area contributed by atoms with Crippen molar-refractivity contribution in [1.29, 1.82) is 0 Å². The van der Waals surface area contributed by atoms with E-state index in [2.05, 4.69) is 41.8 Å². The van der Waals surface area contributed by atoms with Crippen LogP contribution in [0.25, 0.3) is 11.8 Å². The Bertz CT molecular complexity index is 1770. The number of carbonyl (C=O) groups excluding carboxylic acids is 3. The molecule has 12 nitrogen and oxygen atoms in total. The van der Waals surface area contributed by atoms with Crippen LogP contribution in [-0.2, 0) is 22.6 Å². The van der Waals surface area contributed by atoms with Crippen molar-refractivity contribution in [3.8, 4) is 5.69 Å². The lowest BCUT2D eigenvalue weighted by atomic mass is 10.0. The standard InChI is InChI=1S/C32H28ClN9O3/c33-24-10-15-29(42-21-36-40-41-42)23(19-24)9-16-30(43)39-28(18-22-6-2-1-3-7-22)31(44)37-25-11-13-26(14-12-25)38-32(45)35-20-27-8-4-5-17-34-27/h1-17,19,21,28H,18,20H2,(H,37,44)(H,39,43)(H2,35,38,45). The van der Waals surface area contributed by atoms with Gasteiger partial charge in [0.1, 0.15) is 12.4 Å². The largest absolute Gasteiger partial charge is 0.340 e. The molecule has 0 fully saturated rings. The number of urea groups is 1. The van der Waals surface area contributed by atoms with Gasteiger partial charge in [-0.25, -0.2) is 4.79 Å². The number of amides is 4. The van der Waals surface area contributed by atoms with Crippen molar-refractivity contribution < 1.29 is 14.4 Å². The maximum Gasteiger partial charge on any atom is 0.319 e. The summed E-state index contributed by atoms with van der Waals surface area (Å²) in [6.07, 6.45) is 6.25. The number of rotatable bonds is 11. The second-order valence-corrected chi connectivity index (χ2v) is 10.2. The molecule has 2 heterocycles. The number of carbonyl (C=O) groups is 3. The second-order valence-electron chi connectivity index (χ2n) is 9.74. The zero-order chi connectivity index (χ0) is 31.4. The molecule has 3 aromatic carbocycles. The molecule has 0 spiro atoms. The first kappa shape index (κ1) is 30.6. The third-order valence-electron chi connectivity index (χ3n) is 6.48. The molecule has 4 amide bonds. The van der Waals surface area contributed by atoms with Crippen molar-refractivity contribution in [2.75, 3.05) is 10.6 Å². The van der Waals surface area contributed by atoms with Crippen molar-refractivity contribution in [1.82, 2.24) is 35.8 Å². The van der Waals surface area contributed by atoms with Crippen LogP contribution >= 0.6 is 11.6 Å². The molecule has 0 saturated heterocycles. The van der Waals surface area contributed by atoms with Crippen LogP contribution in [0.5, 0.6) is 0 Å². The molecule has 0 saturated carbocycles. The summed E-state index contributed by atoms with van der Waals surface area (Å²) in [5.41, 5.74) is 3.86. The summed E-state index contributed by atoms with van der Waals surface area (Å²) in [6, 6.07) is 25.3. The SMILES string of the molecule is O=C(C=Cc1cc(Cl)ccc1-n1cnnn1)NC(Cc1ccccc1)C(=O)Nc1ccc(NC(=O)NCc2ccccn2)cc1. The minimum atomic E-state index is -0.891. The minimum Gasteiger partial charge on any atom is -0.340 e. The molecule has 1 atom stereocenters. The van der Waals surface area contributed by atoms with Crippen molar-refractivity contribution in [2.24, 2.45) is 0 Å². The van der Waals surface area contributed by atoms with Gasteiger partial charge in [0, 0.05) is 40.7 Å². The lowest BCUT2D eigenvalue weighted by molar-refractivity contribution is -0.123. The predicted octanol–water partition coefficient (Wildman–Crippen LogP) is 4.41. The molecule has 0 aliphatic rings. The molecule has 226 valence electrons. The van der Waals surface area contributed by atoms with Gasteiger partial charge in [-0.3, -0.25) is 14.6 Å². The first-order valence-corrected chi connectivity index (χ1v) is 14.2. The Balaban J connectivity index is 1.23. The Morgan fingerprint density at radius 1 is 0.889 bits per heavy atom. The maximum absolute atomic E-state index is 13.4. The summed E-state index contributed by atoms with van der Waals surface area (Å²) < 4.78 is 1.45. The molecule has 0 aliphatic heterocycles. The highest BCUT2D eigenvalue weighted by atomic mass is 35.5. The lowest BCUT2D eigenvalue weighted by Gasteiger charge is -2.18. The van der Waals surface area contributed by atoms with E-state index in [9.17, 15) is 14.4 Å². The van der Waals surface area contributed by atoms with Crippen LogP contribution in [0.15, 0.2) is 110 Å². The number of nitrogens with zero attached hydrogens (tertiary/aromatic N) is 5. The van der Waals surface area contributed by atoms with E-state index in [1.165, 1.54) is 17.1 Å². The molecule has 4 N–H and O–H groups in total. The minimum absolute atomic E-state index is 0.259. The highest BCUT2D eigenvalue weighted by Gasteiger charge is 2.21. The molecule has 0 aliphatic carbocycles. The van der Waals surface area contributed by atoms with Crippen molar-refractivity contribution in [3.63, 3.8) is 0 Å². The van der Waals surface area contributed by atoms with E-state index >= 15 is 0 Å². The summed E-state index contributed by atoms with van der Waals surface area (Å²) in [7, 11) is 0. The molecular formula is C32H28ClN9O3. The van der Waals surface area contributed by atoms with Gasteiger partial charge in [0.15, 0.2) is 0 Å². The quantitative estimate of drug-likeness (QED) is 0.159. The fourth-order valence-corrected chi connectivity index (χ4v) is 4.48. The smallest absolute Gasteiger partial charge is 0.319 e. The third-order valence-corrected chi connectivity index (χ3v) is 6.72. The summed E-state index contributed by atoms with van der Waals surface area (Å²) in [6.45, 7) is 0.282. The van der Waals surface area contributed by atoms with E-state index in [0.717, 1.165) is 11.3 Å². The number of hydrogen-bond acceptors (Lipinski definition) is 7. The monoisotopic (exact) mass is 621 g/mol. The van der Waals surface area contributed by atoms with Gasteiger partial charge >= 0.3 is 6.03 Å². The van der Waals surface area contributed by atoms with Crippen LogP contribution in [-0.4, -0.2) is 49.1 Å². The van der Waals surface area contributed by atoms with Gasteiger partial charge in [-0.2, -0.15) is 4.68 Å². The first-order chi connectivity index (χ1) is 21.9. The molecule has 0 radical (unpaired) electrons. The van der Waals surface area contributed by atoms with Gasteiger partial charge in [0.25, 0.3) is 0 Å². The lowest BCUT2D eigenvalue weighted by Crippen LogP contribution is -2.44. The highest BCUT2D eigenvalue weighted by Crippen LogP contribution is 2.20. The van der Waals surface area contributed by atoms with Crippen molar-refractivity contribution in [3.05, 3.63) is 131 Å². The number of tetrazole rings is 1. The molecule has 1 unspecified atom stereocenters. The van der Waals surface area contributed by atoms with Gasteiger partial charge < -0.3 is 21.3 Å². The molecule has 13 heteroatoms. The number of benzene rings is 3. The van der Waals surface area contributed by atoms with Gasteiger partial charge in [-0.1, -0.05) is 48.0 Å². The van der Waals surface area contributed by atoms with E-state index < -0.39 is 17.9 Å². The number of aromatic nitrogens is 5. The number of nitrogens with one attached hydrogen (secondary N) is 4. The number of halogens is 1. The summed E-state index contributed by atoms with van der Waals surface area (Å²) >= 11 is 6.18. The van der Waals surface area contributed by atoms with E-state index in [1.54, 1.807) is 60.8 Å². The van der Waals surface area contributed by atoms with Crippen molar-refractivity contribution in [2.45, 2.75) is 19.0 Å². The fourth-order valence-electron chi connectivity index (χ4n) is 4.30. The van der Waals surface area contributed by atoms with Crippen LogP contribution < -0.4 is 21.3 Å². The zero-order valence-corrected chi connectivity index (χ0v) is 24.6. The average Bonchev–Trinajstić information content (AvgIpc) is 3.59. The van der Waals surface area contributed by atoms with Crippen LogP contribution in [0.2, 0.25) is 5.02 Å². The maximum atomic E-state index is 13.4. The first-order valence-electron chi connectivity index (χ1n) is 13.8. The summed E-state index contributed by atoms with van der Waals surface area (Å²) in [5.74, 6) is -0.892. The Hall–Kier alpha value is -5.88. The number of hydrogen-bond donors (Lipinski definition) is 4. The molecule has 2 aromatic heterocycles. The third kappa shape index (κ3) is 9.05. The highest BCUT2D eigenvalue weighted by molar-refractivity contribution is 6.30. The Labute approximate surface area is 263 Å². The van der Waals surface area contributed by atoms with E-state index in [1.807, 2.05) is 42.5 Å². The van der Waals surface area contributed by atoms with Crippen LogP contribution in [0.3, 0.4) is 0 Å². The van der Waals surface area contributed by atoms with E-state index in [0.29, 0.717) is 27.6 Å². The van der Waals surface area contributed by atoms with Gasteiger partial charge in [0.2, 0.25) is 11.8 Å². The van der Waals surface area contributed by atoms with E-state index in [4.69, 9.17) is 11.6 Å². The fraction of sp³-hybridized carbons (Fsp3) is 0.0938. The van der Waals surface area contributed by atoms with Gasteiger partial charge in [-0.05, 0) is 76.7 Å². The van der Waals surface area contributed by atoms with E-state index in [-0.39, 0.29) is 19.0 Å². The second kappa shape index (κ2) is 15.0. The van der Waals surface area contributed by atoms with Crippen LogP contribution in [0.4, 0.5) is 16.2 Å². The summed E-state index contributed by atoms with van der Waals surface area (Å²) in [4.78, 5) is 42.9. The molecule has 0 bridgehead atoms. The number of pyridine rings is 1. The Morgan fingerprint density at radius 2 is 1.64 bits per heavy atom. The average molecular weight is 622 g/mol. The van der Waals surface area contributed by atoms with Gasteiger partial charge in [0.05, 0.1) is 17.9 Å². The van der Waals surface area contributed by atoms with Crippen LogP contribution in [0, 0.1) is 0 Å². The van der Waals surface area contributed by atoms with Crippen LogP contribution in [0.1, 0.15) is 16.8 Å². The molecule has 5 aromatic rings. The molecule has 5 rings (SSSR count). The van der Waals surface area contributed by atoms with Crippen molar-refractivity contribution >= 4 is 46.9 Å².